The van der Waals surface area contributed by atoms with Crippen LogP contribution in [0.5, 0.6) is 0 Å². The quantitative estimate of drug-likeness (QED) is 0.635. The molecule has 4 rings (SSSR count). The minimum atomic E-state index is -0.249. The van der Waals surface area contributed by atoms with Crippen LogP contribution in [0, 0.1) is 0 Å². The lowest BCUT2D eigenvalue weighted by Crippen LogP contribution is -2.41. The Hall–Kier alpha value is -2.28. The Kier molecular flexibility index (Phi) is 4.95. The van der Waals surface area contributed by atoms with E-state index in [-0.39, 0.29) is 6.03 Å². The Bertz CT molecular complexity index is 1000. The molecule has 138 valence electrons. The standard InChI is InChI=1S/C18H14Cl3N5O/c19-12-3-1-11(2-4-12)17-24-23-16-10-25(7-8-26(16)17)18(27)22-15-6-5-13(20)9-14(15)21/h1-6,9H,7-8,10H2,(H,22,27). The molecular formula is C18H14Cl3N5O. The van der Waals surface area contributed by atoms with Crippen LogP contribution in [0.3, 0.4) is 0 Å². The van der Waals surface area contributed by atoms with Gasteiger partial charge < -0.3 is 14.8 Å². The van der Waals surface area contributed by atoms with Gasteiger partial charge in [0.05, 0.1) is 17.3 Å². The van der Waals surface area contributed by atoms with Gasteiger partial charge in [-0.25, -0.2) is 4.79 Å². The molecule has 1 aliphatic rings. The molecule has 9 heteroatoms. The number of nitrogens with zero attached hydrogens (tertiary/aromatic N) is 4. The van der Waals surface area contributed by atoms with E-state index in [1.165, 1.54) is 0 Å². The van der Waals surface area contributed by atoms with Crippen LogP contribution in [0.15, 0.2) is 42.5 Å². The van der Waals surface area contributed by atoms with E-state index < -0.39 is 0 Å². The van der Waals surface area contributed by atoms with Crippen LogP contribution in [0.4, 0.5) is 10.5 Å². The van der Waals surface area contributed by atoms with Crippen molar-refractivity contribution in [2.24, 2.45) is 0 Å². The third-order valence-corrected chi connectivity index (χ3v) is 5.12. The van der Waals surface area contributed by atoms with E-state index in [1.54, 1.807) is 23.1 Å². The first-order chi connectivity index (χ1) is 13.0. The van der Waals surface area contributed by atoms with Gasteiger partial charge in [-0.1, -0.05) is 34.8 Å². The SMILES string of the molecule is O=C(Nc1ccc(Cl)cc1Cl)N1CCn2c(nnc2-c2ccc(Cl)cc2)C1. The Morgan fingerprint density at radius 1 is 0.963 bits per heavy atom. The Morgan fingerprint density at radius 3 is 2.44 bits per heavy atom. The second kappa shape index (κ2) is 7.38. The average Bonchev–Trinajstić information content (AvgIpc) is 3.08. The summed E-state index contributed by atoms with van der Waals surface area (Å²) in [6, 6.07) is 12.1. The molecule has 0 aliphatic carbocycles. The molecule has 27 heavy (non-hydrogen) atoms. The molecule has 0 saturated heterocycles. The first kappa shape index (κ1) is 18.1. The van der Waals surface area contributed by atoms with Gasteiger partial charge in [-0.15, -0.1) is 10.2 Å². The number of urea groups is 1. The molecule has 0 radical (unpaired) electrons. The van der Waals surface area contributed by atoms with Gasteiger partial charge in [0.1, 0.15) is 0 Å². The number of rotatable bonds is 2. The van der Waals surface area contributed by atoms with Crippen LogP contribution < -0.4 is 5.32 Å². The van der Waals surface area contributed by atoms with Crippen LogP contribution in [-0.4, -0.2) is 32.2 Å². The van der Waals surface area contributed by atoms with E-state index in [1.807, 2.05) is 28.8 Å². The lowest BCUT2D eigenvalue weighted by molar-refractivity contribution is 0.196. The van der Waals surface area contributed by atoms with E-state index >= 15 is 0 Å². The summed E-state index contributed by atoms with van der Waals surface area (Å²) in [5.74, 6) is 1.49. The highest BCUT2D eigenvalue weighted by Gasteiger charge is 2.25. The molecule has 0 spiro atoms. The van der Waals surface area contributed by atoms with Crippen molar-refractivity contribution in [1.82, 2.24) is 19.7 Å². The summed E-state index contributed by atoms with van der Waals surface area (Å²) in [5, 5.41) is 12.9. The number of hydrogen-bond acceptors (Lipinski definition) is 3. The normalized spacial score (nSPS) is 13.4. The van der Waals surface area contributed by atoms with Gasteiger partial charge in [0.25, 0.3) is 0 Å². The van der Waals surface area contributed by atoms with Gasteiger partial charge in [0, 0.05) is 28.7 Å². The third kappa shape index (κ3) is 3.74. The molecule has 1 N–H and O–H groups in total. The maximum absolute atomic E-state index is 12.6. The molecule has 0 unspecified atom stereocenters. The van der Waals surface area contributed by atoms with Gasteiger partial charge in [-0.05, 0) is 42.5 Å². The third-order valence-electron chi connectivity index (χ3n) is 4.32. The summed E-state index contributed by atoms with van der Waals surface area (Å²) in [6.07, 6.45) is 0. The molecule has 3 aromatic rings. The number of nitrogens with one attached hydrogen (secondary N) is 1. The van der Waals surface area contributed by atoms with Gasteiger partial charge in [0.15, 0.2) is 11.6 Å². The minimum absolute atomic E-state index is 0.249. The highest BCUT2D eigenvalue weighted by atomic mass is 35.5. The molecule has 2 aromatic carbocycles. The van der Waals surface area contributed by atoms with Gasteiger partial charge in [0.2, 0.25) is 0 Å². The van der Waals surface area contributed by atoms with Crippen molar-refractivity contribution in [2.45, 2.75) is 13.1 Å². The predicted octanol–water partition coefficient (Wildman–Crippen LogP) is 4.95. The number of benzene rings is 2. The fourth-order valence-electron chi connectivity index (χ4n) is 2.93. The fraction of sp³-hybridized carbons (Fsp3) is 0.167. The average molecular weight is 423 g/mol. The molecule has 0 atom stereocenters. The zero-order valence-electron chi connectivity index (χ0n) is 14.0. The maximum atomic E-state index is 12.6. The molecule has 6 nitrogen and oxygen atoms in total. The van der Waals surface area contributed by atoms with Crippen molar-refractivity contribution in [1.29, 1.82) is 0 Å². The van der Waals surface area contributed by atoms with Gasteiger partial charge in [-0.2, -0.15) is 0 Å². The second-order valence-corrected chi connectivity index (χ2v) is 7.35. The van der Waals surface area contributed by atoms with Gasteiger partial charge >= 0.3 is 6.03 Å². The number of fused-ring (bicyclic) bond motifs is 1. The first-order valence-corrected chi connectivity index (χ1v) is 9.33. The Morgan fingerprint density at radius 2 is 1.70 bits per heavy atom. The van der Waals surface area contributed by atoms with Crippen molar-refractivity contribution < 1.29 is 4.79 Å². The van der Waals surface area contributed by atoms with E-state index in [0.29, 0.717) is 40.4 Å². The largest absolute Gasteiger partial charge is 0.322 e. The van der Waals surface area contributed by atoms with E-state index in [4.69, 9.17) is 34.8 Å². The van der Waals surface area contributed by atoms with Crippen LogP contribution in [0.1, 0.15) is 5.82 Å². The molecule has 2 heterocycles. The van der Waals surface area contributed by atoms with Crippen LogP contribution >= 0.6 is 34.8 Å². The fourth-order valence-corrected chi connectivity index (χ4v) is 3.51. The van der Waals surface area contributed by atoms with Crippen LogP contribution in [0.2, 0.25) is 15.1 Å². The number of carbonyl (C=O) groups excluding carboxylic acids is 1. The van der Waals surface area contributed by atoms with Crippen LogP contribution in [0.25, 0.3) is 11.4 Å². The molecule has 0 saturated carbocycles. The number of aromatic nitrogens is 3. The zero-order chi connectivity index (χ0) is 19.0. The Balaban J connectivity index is 1.50. The number of halogens is 3. The number of carbonyl (C=O) groups is 1. The molecule has 0 fully saturated rings. The zero-order valence-corrected chi connectivity index (χ0v) is 16.3. The van der Waals surface area contributed by atoms with E-state index in [2.05, 4.69) is 15.5 Å². The summed E-state index contributed by atoms with van der Waals surface area (Å²) in [4.78, 5) is 14.2. The van der Waals surface area contributed by atoms with Crippen molar-refractivity contribution >= 4 is 46.5 Å². The monoisotopic (exact) mass is 421 g/mol. The highest BCUT2D eigenvalue weighted by Crippen LogP contribution is 2.27. The van der Waals surface area contributed by atoms with E-state index in [9.17, 15) is 4.79 Å². The van der Waals surface area contributed by atoms with Crippen molar-refractivity contribution in [2.75, 3.05) is 11.9 Å². The first-order valence-electron chi connectivity index (χ1n) is 8.20. The summed E-state index contributed by atoms with van der Waals surface area (Å²) in [7, 11) is 0. The van der Waals surface area contributed by atoms with Gasteiger partial charge in [-0.3, -0.25) is 0 Å². The summed E-state index contributed by atoms with van der Waals surface area (Å²) < 4.78 is 2.02. The molecule has 1 aliphatic heterocycles. The summed E-state index contributed by atoms with van der Waals surface area (Å²) in [6.45, 7) is 1.49. The van der Waals surface area contributed by atoms with Crippen molar-refractivity contribution in [3.8, 4) is 11.4 Å². The second-order valence-electron chi connectivity index (χ2n) is 6.07. The Labute approximate surface area is 170 Å². The molecule has 0 bridgehead atoms. The molecule has 1 aromatic heterocycles. The smallest absolute Gasteiger partial charge is 0.315 e. The summed E-state index contributed by atoms with van der Waals surface area (Å²) in [5.41, 5.74) is 1.45. The highest BCUT2D eigenvalue weighted by molar-refractivity contribution is 6.36. The van der Waals surface area contributed by atoms with Crippen molar-refractivity contribution in [3.05, 3.63) is 63.4 Å². The predicted molar refractivity (Wildman–Crippen MR) is 106 cm³/mol. The van der Waals surface area contributed by atoms with Crippen molar-refractivity contribution in [3.63, 3.8) is 0 Å². The lowest BCUT2D eigenvalue weighted by Gasteiger charge is -2.28. The number of anilines is 1. The summed E-state index contributed by atoms with van der Waals surface area (Å²) >= 11 is 18.0. The van der Waals surface area contributed by atoms with E-state index in [0.717, 1.165) is 17.2 Å². The molecule has 2 amide bonds. The van der Waals surface area contributed by atoms with Crippen LogP contribution in [-0.2, 0) is 13.1 Å². The maximum Gasteiger partial charge on any atom is 0.322 e. The topological polar surface area (TPSA) is 63.1 Å². The minimum Gasteiger partial charge on any atom is -0.315 e. The molecular weight excluding hydrogens is 409 g/mol. The lowest BCUT2D eigenvalue weighted by atomic mass is 10.2. The number of hydrogen-bond donors (Lipinski definition) is 1. The number of amides is 2.